The molecule has 34 N–H and O–H groups in total. The second-order valence-corrected chi connectivity index (χ2v) is 35.5. The van der Waals surface area contributed by atoms with Crippen LogP contribution in [0, 0.1) is 33.5 Å². The molecule has 15 atom stereocenters. The molecule has 18 amide bonds. The van der Waals surface area contributed by atoms with Crippen LogP contribution in [-0.4, -0.2) is 342 Å². The monoisotopic (exact) mass is 1940 g/mol. The number of nitrogens with zero attached hydrogens (tertiary/aromatic N) is 4. The van der Waals surface area contributed by atoms with Crippen molar-refractivity contribution in [2.24, 2.45) is 40.5 Å². The molecule has 6 rings (SSSR count). The number of likely N-dealkylation sites (tertiary alicyclic amines) is 4. The van der Waals surface area contributed by atoms with E-state index in [0.717, 1.165) is 6.42 Å². The maximum Gasteiger partial charge on any atom is 0.326 e. The summed E-state index contributed by atoms with van der Waals surface area (Å²) in [7, 11) is 0. The summed E-state index contributed by atoms with van der Waals surface area (Å²) in [5, 5.41) is 96.7. The quantitative estimate of drug-likeness (QED) is 0.0164. The summed E-state index contributed by atoms with van der Waals surface area (Å²) in [4.78, 5) is 269. The van der Waals surface area contributed by atoms with E-state index in [2.05, 4.69) is 95.7 Å². The van der Waals surface area contributed by atoms with Crippen LogP contribution in [0.15, 0.2) is 30.3 Å². The molecule has 138 heavy (non-hydrogen) atoms. The Kier molecular flexibility index (Phi) is 46.8. The fourth-order valence-electron chi connectivity index (χ4n) is 16.7. The minimum absolute atomic E-state index is 0.00131. The lowest BCUT2D eigenvalue weighted by atomic mass is 10.0. The molecule has 52 heteroatoms. The molecule has 766 valence electrons. The molecule has 1 aromatic carbocycles. The minimum atomic E-state index is -1.70. The largest absolute Gasteiger partial charge is 0.480 e. The van der Waals surface area contributed by atoms with Crippen molar-refractivity contribution in [2.75, 3.05) is 85.1 Å². The number of aliphatic carboxylic acids is 1. The van der Waals surface area contributed by atoms with Gasteiger partial charge in [-0.05, 0) is 159 Å². The minimum Gasteiger partial charge on any atom is -0.480 e. The number of carbonyl (C=O) groups excluding carboxylic acids is 18. The van der Waals surface area contributed by atoms with Gasteiger partial charge in [-0.2, -0.15) is 0 Å². The summed E-state index contributed by atoms with van der Waals surface area (Å²) in [6.45, 7) is 6.04. The standard InChI is InChI=1S/C86H141N31O21/c1-46(2)40-57(82(137)138)111-72(127)58(45-118)112-71(126)51(21-10-33-98-84(90)91)107-70(125)50(20-9-32-97-83(88)89)105-66(122)44-102-69(124)56(41-49-18-7-6-8-19-49)106-65(121)43-101-64(120)42-103-73(128)59-25-14-36-114(59)79(134)53(23-12-34-99-85(92)93)108-68(123)48(5)104-74(129)60-26-15-38-116(60)81(136)55(29-30-63(87)119)110-77(132)67(47(3)4)113-76(131)62-28-17-39-117(62)80(135)54(24-13-35-100-86(94)95)109-75(130)61-27-16-37-115(61)78(133)52-22-11-31-96-52/h6-8,18-19,46-48,50-62,67,96,118H,9-17,20-45H2,1-5H3,(H2,87,119)(H,101,120)(H,102,124)(H,103,128)(H,104,129)(H,105,122)(H,106,121)(H,107,125)(H,108,123)(H,109,130)(H,110,132)(H,111,127)(H,112,126)(H,113,131)(H,137,138)(H4,88,89,97)(H4,90,91,98)(H4,92,93,99)(H4,94,95,100)/t48-,50-,51-,52-,53-,54-,55-,56-,57-,58-,59-,60-,61-,62-,67-/m0/s1. The number of hydrogen-bond acceptors (Lipinski definition) is 25. The average molecular weight is 1950 g/mol. The van der Waals surface area contributed by atoms with E-state index in [0.29, 0.717) is 44.3 Å². The van der Waals surface area contributed by atoms with Crippen LogP contribution in [0.25, 0.3) is 0 Å². The van der Waals surface area contributed by atoms with E-state index in [4.69, 9.17) is 50.3 Å². The summed E-state index contributed by atoms with van der Waals surface area (Å²) in [6, 6.07) is -10.9. The fraction of sp³-hybridized carbons (Fsp3) is 0.663. The number of carbonyl (C=O) groups is 19. The van der Waals surface area contributed by atoms with Crippen molar-refractivity contribution in [3.8, 4) is 0 Å². The van der Waals surface area contributed by atoms with Gasteiger partial charge < -0.3 is 154 Å². The van der Waals surface area contributed by atoms with Gasteiger partial charge >= 0.3 is 5.97 Å². The number of aliphatic hydroxyl groups is 1. The van der Waals surface area contributed by atoms with E-state index in [-0.39, 0.29) is 166 Å². The first-order valence-corrected chi connectivity index (χ1v) is 46.8. The van der Waals surface area contributed by atoms with Gasteiger partial charge in [-0.25, -0.2) is 4.79 Å². The normalized spacial score (nSPS) is 18.7. The van der Waals surface area contributed by atoms with Gasteiger partial charge in [-0.3, -0.25) is 108 Å². The Morgan fingerprint density at radius 3 is 1.26 bits per heavy atom. The van der Waals surface area contributed by atoms with Crippen molar-refractivity contribution in [3.63, 3.8) is 0 Å². The Morgan fingerprint density at radius 1 is 0.399 bits per heavy atom. The number of carboxylic acids is 1. The number of carboxylic acid groups (broad SMARTS) is 1. The number of hydrogen-bond donors (Lipinski definition) is 29. The second kappa shape index (κ2) is 57.3. The molecule has 0 bridgehead atoms. The smallest absolute Gasteiger partial charge is 0.326 e. The van der Waals surface area contributed by atoms with Crippen molar-refractivity contribution in [3.05, 3.63) is 35.9 Å². The van der Waals surface area contributed by atoms with Crippen molar-refractivity contribution >= 4 is 136 Å². The van der Waals surface area contributed by atoms with E-state index in [1.54, 1.807) is 58.0 Å². The van der Waals surface area contributed by atoms with Gasteiger partial charge in [0.15, 0.2) is 23.8 Å². The molecule has 5 aliphatic rings. The molecule has 5 saturated heterocycles. The Labute approximate surface area is 799 Å². The van der Waals surface area contributed by atoms with E-state index >= 15 is 0 Å². The summed E-state index contributed by atoms with van der Waals surface area (Å²) in [5.41, 5.74) is 28.0. The molecule has 0 aromatic heterocycles. The third-order valence-corrected chi connectivity index (χ3v) is 23.8. The molecule has 0 unspecified atom stereocenters. The first-order valence-electron chi connectivity index (χ1n) is 46.8. The molecular weight excluding hydrogens is 1800 g/mol. The topological polar surface area (TPSA) is 820 Å². The van der Waals surface area contributed by atoms with Crippen molar-refractivity contribution < 1.29 is 101 Å². The predicted molar refractivity (Wildman–Crippen MR) is 498 cm³/mol. The van der Waals surface area contributed by atoms with Crippen LogP contribution in [0.5, 0.6) is 0 Å². The zero-order valence-electron chi connectivity index (χ0n) is 78.8. The molecule has 0 saturated carbocycles. The average Bonchev–Trinajstić information content (AvgIpc) is 1.56. The zero-order chi connectivity index (χ0) is 102. The fourth-order valence-corrected chi connectivity index (χ4v) is 16.7. The highest BCUT2D eigenvalue weighted by Crippen LogP contribution is 2.27. The van der Waals surface area contributed by atoms with Crippen molar-refractivity contribution in [2.45, 2.75) is 267 Å². The number of nitrogens with two attached hydrogens (primary N) is 5. The van der Waals surface area contributed by atoms with E-state index in [1.807, 2.05) is 0 Å². The van der Waals surface area contributed by atoms with Gasteiger partial charge in [0, 0.05) is 65.2 Å². The number of aliphatic hydroxyl groups excluding tert-OH is 1. The molecule has 5 heterocycles. The lowest BCUT2D eigenvalue weighted by molar-refractivity contribution is -0.145. The summed E-state index contributed by atoms with van der Waals surface area (Å²) < 4.78 is 0. The molecule has 0 spiro atoms. The molecule has 1 aromatic rings. The van der Waals surface area contributed by atoms with Crippen molar-refractivity contribution in [1.29, 1.82) is 21.6 Å². The molecule has 0 aliphatic carbocycles. The Balaban J connectivity index is 1.05. The zero-order valence-corrected chi connectivity index (χ0v) is 78.8. The Morgan fingerprint density at radius 2 is 0.797 bits per heavy atom. The van der Waals surface area contributed by atoms with Gasteiger partial charge in [-0.1, -0.05) is 58.0 Å². The SMILES string of the molecule is CC(C)C[C@H](NC(=O)[C@H](CO)NC(=O)[C@H](CCCNC(=N)N)NC(=O)[C@H](CCCNC(=N)N)NC(=O)CNC(=O)[C@H](Cc1ccccc1)NC(=O)CNC(=O)CNC(=O)[C@@H]1CCCN1C(=O)[C@H](CCCNC(=N)N)NC(=O)[C@H](C)NC(=O)[C@@H]1CCCN1C(=O)[C@H](CCC(N)=O)NC(=O)[C@@H](NC(=O)[C@@H]1CCCN1C(=O)[C@H](CCCNC(=N)N)NC(=O)[C@@H]1CCCN1C(=O)[C@@H]1CCCN1)C(C)C)C(=O)O. The van der Waals surface area contributed by atoms with Crippen LogP contribution >= 0.6 is 0 Å². The van der Waals surface area contributed by atoms with Crippen LogP contribution in [0.1, 0.15) is 175 Å². The number of nitrogens with one attached hydrogen (secondary N) is 22. The lowest BCUT2D eigenvalue weighted by Crippen LogP contribution is -2.60. The number of primary amides is 1. The summed E-state index contributed by atoms with van der Waals surface area (Å²) >= 11 is 0. The maximum atomic E-state index is 14.8. The highest BCUT2D eigenvalue weighted by Gasteiger charge is 2.46. The Hall–Kier alpha value is -13.8. The summed E-state index contributed by atoms with van der Waals surface area (Å²) in [5.74, 6) is -18.3. The van der Waals surface area contributed by atoms with Gasteiger partial charge in [0.05, 0.1) is 32.3 Å². The van der Waals surface area contributed by atoms with Crippen LogP contribution in [-0.2, 0) is 97.5 Å². The third kappa shape index (κ3) is 37.3. The van der Waals surface area contributed by atoms with Crippen LogP contribution in [0.3, 0.4) is 0 Å². The first kappa shape index (κ1) is 113. The molecule has 5 fully saturated rings. The molecular formula is C86H141N31O21. The highest BCUT2D eigenvalue weighted by molar-refractivity contribution is 6.02. The van der Waals surface area contributed by atoms with Crippen molar-refractivity contribution in [1.82, 2.24) is 115 Å². The second-order valence-electron chi connectivity index (χ2n) is 35.5. The van der Waals surface area contributed by atoms with Gasteiger partial charge in [-0.15, -0.1) is 0 Å². The van der Waals surface area contributed by atoms with Gasteiger partial charge in [0.1, 0.15) is 84.6 Å². The highest BCUT2D eigenvalue weighted by atomic mass is 16.4. The molecule has 5 aliphatic heterocycles. The molecule has 0 radical (unpaired) electrons. The maximum absolute atomic E-state index is 14.8. The first-order chi connectivity index (χ1) is 65.5. The molecule has 52 nitrogen and oxygen atoms in total. The predicted octanol–water partition coefficient (Wildman–Crippen LogP) is -9.74. The van der Waals surface area contributed by atoms with Gasteiger partial charge in [0.25, 0.3) is 0 Å². The summed E-state index contributed by atoms with van der Waals surface area (Å²) in [6.07, 6.45) is 2.75. The van der Waals surface area contributed by atoms with Gasteiger partial charge in [0.2, 0.25) is 106 Å². The Bertz CT molecular complexity index is 4470. The van der Waals surface area contributed by atoms with E-state index in [9.17, 15) is 101 Å². The van der Waals surface area contributed by atoms with Crippen LogP contribution in [0.2, 0.25) is 0 Å². The third-order valence-electron chi connectivity index (χ3n) is 23.8. The van der Waals surface area contributed by atoms with Crippen LogP contribution in [0.4, 0.5) is 0 Å². The lowest BCUT2D eigenvalue weighted by Gasteiger charge is -2.33. The van der Waals surface area contributed by atoms with E-state index < -0.39 is 253 Å². The van der Waals surface area contributed by atoms with E-state index in [1.165, 1.54) is 26.5 Å². The number of amides is 18. The van der Waals surface area contributed by atoms with Crippen LogP contribution < -0.4 is 124 Å². The number of guanidine groups is 4. The number of rotatable bonds is 56. The number of benzene rings is 1.